The highest BCUT2D eigenvalue weighted by atomic mass is 35.5. The van der Waals surface area contributed by atoms with Crippen LogP contribution in [0.25, 0.3) is 0 Å². The van der Waals surface area contributed by atoms with Crippen LogP contribution in [0.5, 0.6) is 0 Å². The first kappa shape index (κ1) is 13.6. The number of rotatable bonds is 3. The first-order valence-corrected chi connectivity index (χ1v) is 6.73. The van der Waals surface area contributed by atoms with Gasteiger partial charge >= 0.3 is 0 Å². The first-order valence-electron chi connectivity index (χ1n) is 6.35. The van der Waals surface area contributed by atoms with Gasteiger partial charge in [-0.2, -0.15) is 10.1 Å². The van der Waals surface area contributed by atoms with E-state index in [1.54, 1.807) is 29.2 Å². The summed E-state index contributed by atoms with van der Waals surface area (Å²) in [5.74, 6) is -0.484. The maximum atomic E-state index is 12.1. The van der Waals surface area contributed by atoms with Gasteiger partial charge in [0, 0.05) is 23.7 Å². The molecular weight excluding hydrogens is 294 g/mol. The summed E-state index contributed by atoms with van der Waals surface area (Å²) in [6.07, 6.45) is 1.47. The highest BCUT2D eigenvalue weighted by Crippen LogP contribution is 2.26. The summed E-state index contributed by atoms with van der Waals surface area (Å²) in [6.45, 7) is 0.334. The SMILES string of the molecule is O=C(Nc1ncn[nH]1)[C@@H]1CC(=O)N(c2ccc(Cl)cc2)C1. The van der Waals surface area contributed by atoms with Crippen LogP contribution >= 0.6 is 11.6 Å². The quantitative estimate of drug-likeness (QED) is 0.898. The van der Waals surface area contributed by atoms with Crippen molar-refractivity contribution in [3.05, 3.63) is 35.6 Å². The molecule has 1 fully saturated rings. The highest BCUT2D eigenvalue weighted by Gasteiger charge is 2.35. The number of hydrogen-bond acceptors (Lipinski definition) is 4. The molecule has 3 rings (SSSR count). The zero-order valence-corrected chi connectivity index (χ0v) is 11.7. The summed E-state index contributed by atoms with van der Waals surface area (Å²) in [5, 5.41) is 9.39. The van der Waals surface area contributed by atoms with E-state index in [1.807, 2.05) is 0 Å². The number of hydrogen-bond donors (Lipinski definition) is 2. The highest BCUT2D eigenvalue weighted by molar-refractivity contribution is 6.30. The molecule has 0 unspecified atom stereocenters. The summed E-state index contributed by atoms with van der Waals surface area (Å²) < 4.78 is 0. The van der Waals surface area contributed by atoms with Crippen LogP contribution in [0.2, 0.25) is 5.02 Å². The number of amides is 2. The van der Waals surface area contributed by atoms with Crippen molar-refractivity contribution < 1.29 is 9.59 Å². The fourth-order valence-electron chi connectivity index (χ4n) is 2.24. The van der Waals surface area contributed by atoms with Crippen molar-refractivity contribution in [3.8, 4) is 0 Å². The van der Waals surface area contributed by atoms with E-state index in [9.17, 15) is 9.59 Å². The predicted molar refractivity (Wildman–Crippen MR) is 76.9 cm³/mol. The third-order valence-electron chi connectivity index (χ3n) is 3.29. The number of aromatic amines is 1. The third kappa shape index (κ3) is 2.87. The van der Waals surface area contributed by atoms with Gasteiger partial charge in [0.05, 0.1) is 5.92 Å². The average Bonchev–Trinajstić information content (AvgIpc) is 3.09. The summed E-state index contributed by atoms with van der Waals surface area (Å²) in [5.41, 5.74) is 0.736. The standard InChI is InChI=1S/C13H12ClN5O2/c14-9-1-3-10(4-2-9)19-6-8(5-11(19)20)12(21)17-13-15-7-16-18-13/h1-4,7-8H,5-6H2,(H2,15,16,17,18,21)/t8-/m1/s1. The molecule has 0 aliphatic carbocycles. The van der Waals surface area contributed by atoms with Crippen molar-refractivity contribution >= 4 is 35.1 Å². The number of carbonyl (C=O) groups is 2. The lowest BCUT2D eigenvalue weighted by molar-refractivity contribution is -0.122. The molecule has 1 saturated heterocycles. The van der Waals surface area contributed by atoms with E-state index in [1.165, 1.54) is 6.33 Å². The van der Waals surface area contributed by atoms with Gasteiger partial charge < -0.3 is 4.90 Å². The summed E-state index contributed by atoms with van der Waals surface area (Å²) in [4.78, 5) is 29.6. The zero-order valence-electron chi connectivity index (χ0n) is 10.9. The molecule has 2 heterocycles. The van der Waals surface area contributed by atoms with Crippen molar-refractivity contribution in [1.29, 1.82) is 0 Å². The molecular formula is C13H12ClN5O2. The number of halogens is 1. The number of nitrogens with one attached hydrogen (secondary N) is 2. The molecule has 0 bridgehead atoms. The number of nitrogens with zero attached hydrogens (tertiary/aromatic N) is 3. The van der Waals surface area contributed by atoms with Crippen molar-refractivity contribution in [2.75, 3.05) is 16.8 Å². The lowest BCUT2D eigenvalue weighted by atomic mass is 10.1. The minimum Gasteiger partial charge on any atom is -0.312 e. The minimum absolute atomic E-state index is 0.0879. The molecule has 1 aromatic heterocycles. The van der Waals surface area contributed by atoms with Crippen LogP contribution in [-0.4, -0.2) is 33.5 Å². The molecule has 21 heavy (non-hydrogen) atoms. The van der Waals surface area contributed by atoms with E-state index in [0.717, 1.165) is 5.69 Å². The molecule has 8 heteroatoms. The molecule has 0 radical (unpaired) electrons. The second kappa shape index (κ2) is 5.53. The van der Waals surface area contributed by atoms with Gasteiger partial charge in [0.1, 0.15) is 6.33 Å². The van der Waals surface area contributed by atoms with Gasteiger partial charge in [-0.25, -0.2) is 5.10 Å². The Balaban J connectivity index is 1.69. The van der Waals surface area contributed by atoms with Gasteiger partial charge in [-0.15, -0.1) is 0 Å². The molecule has 2 N–H and O–H groups in total. The van der Waals surface area contributed by atoms with Crippen molar-refractivity contribution in [2.24, 2.45) is 5.92 Å². The Kier molecular flexibility index (Phi) is 3.57. The van der Waals surface area contributed by atoms with E-state index in [-0.39, 0.29) is 24.2 Å². The normalized spacial score (nSPS) is 18.0. The van der Waals surface area contributed by atoms with E-state index < -0.39 is 5.92 Å². The Morgan fingerprint density at radius 3 is 2.81 bits per heavy atom. The number of carbonyl (C=O) groups excluding carboxylic acids is 2. The maximum Gasteiger partial charge on any atom is 0.232 e. The molecule has 7 nitrogen and oxygen atoms in total. The van der Waals surface area contributed by atoms with E-state index in [2.05, 4.69) is 20.5 Å². The van der Waals surface area contributed by atoms with Crippen LogP contribution in [0.1, 0.15) is 6.42 Å². The molecule has 1 atom stereocenters. The third-order valence-corrected chi connectivity index (χ3v) is 3.54. The van der Waals surface area contributed by atoms with Crippen molar-refractivity contribution in [2.45, 2.75) is 6.42 Å². The molecule has 1 aliphatic heterocycles. The van der Waals surface area contributed by atoms with Gasteiger partial charge in [-0.1, -0.05) is 11.6 Å². The van der Waals surface area contributed by atoms with Crippen LogP contribution < -0.4 is 10.2 Å². The number of H-pyrrole nitrogens is 1. The second-order valence-corrected chi connectivity index (χ2v) is 5.14. The van der Waals surface area contributed by atoms with Crippen LogP contribution in [0.4, 0.5) is 11.6 Å². The lowest BCUT2D eigenvalue weighted by Crippen LogP contribution is -2.28. The Labute approximate surface area is 125 Å². The van der Waals surface area contributed by atoms with E-state index in [4.69, 9.17) is 11.6 Å². The Hall–Kier alpha value is -2.41. The van der Waals surface area contributed by atoms with Crippen LogP contribution in [0.3, 0.4) is 0 Å². The van der Waals surface area contributed by atoms with Gasteiger partial charge in [0.25, 0.3) is 0 Å². The van der Waals surface area contributed by atoms with Crippen LogP contribution in [0.15, 0.2) is 30.6 Å². The van der Waals surface area contributed by atoms with Crippen LogP contribution in [-0.2, 0) is 9.59 Å². The van der Waals surface area contributed by atoms with Crippen molar-refractivity contribution in [3.63, 3.8) is 0 Å². The lowest BCUT2D eigenvalue weighted by Gasteiger charge is -2.16. The molecule has 1 aliphatic rings. The van der Waals surface area contributed by atoms with E-state index in [0.29, 0.717) is 11.6 Å². The average molecular weight is 306 g/mol. The number of aromatic nitrogens is 3. The Bertz CT molecular complexity index is 656. The molecule has 108 valence electrons. The summed E-state index contributed by atoms with van der Waals surface area (Å²) >= 11 is 5.83. The minimum atomic E-state index is -0.418. The van der Waals surface area contributed by atoms with Gasteiger partial charge in [0.2, 0.25) is 17.8 Å². The number of anilines is 2. The zero-order chi connectivity index (χ0) is 14.8. The molecule has 1 aromatic carbocycles. The maximum absolute atomic E-state index is 12.1. The smallest absolute Gasteiger partial charge is 0.232 e. The largest absolute Gasteiger partial charge is 0.312 e. The summed E-state index contributed by atoms with van der Waals surface area (Å²) in [7, 11) is 0. The predicted octanol–water partition coefficient (Wildman–Crippen LogP) is 1.45. The molecule has 2 amide bonds. The number of benzene rings is 1. The van der Waals surface area contributed by atoms with Crippen LogP contribution in [0, 0.1) is 5.92 Å². The second-order valence-electron chi connectivity index (χ2n) is 4.71. The van der Waals surface area contributed by atoms with Gasteiger partial charge in [0.15, 0.2) is 0 Å². The Morgan fingerprint density at radius 2 is 2.14 bits per heavy atom. The fourth-order valence-corrected chi connectivity index (χ4v) is 2.36. The molecule has 2 aromatic rings. The van der Waals surface area contributed by atoms with Gasteiger partial charge in [-0.05, 0) is 24.3 Å². The van der Waals surface area contributed by atoms with E-state index >= 15 is 0 Å². The molecule has 0 spiro atoms. The van der Waals surface area contributed by atoms with Gasteiger partial charge in [-0.3, -0.25) is 14.9 Å². The summed E-state index contributed by atoms with van der Waals surface area (Å²) in [6, 6.07) is 6.95. The Morgan fingerprint density at radius 1 is 1.38 bits per heavy atom. The fraction of sp³-hybridized carbons (Fsp3) is 0.231. The first-order chi connectivity index (χ1) is 10.1. The molecule has 0 saturated carbocycles. The van der Waals surface area contributed by atoms with Crippen molar-refractivity contribution in [1.82, 2.24) is 15.2 Å². The topological polar surface area (TPSA) is 91.0 Å². The monoisotopic (exact) mass is 305 g/mol.